The summed E-state index contributed by atoms with van der Waals surface area (Å²) in [6.45, 7) is 4.66. The molecule has 13 heavy (non-hydrogen) atoms. The van der Waals surface area contributed by atoms with Gasteiger partial charge in [0.25, 0.3) is 0 Å². The summed E-state index contributed by atoms with van der Waals surface area (Å²) in [5.41, 5.74) is 1.42. The Balaban J connectivity index is 1.92. The maximum atomic E-state index is 3.44. The van der Waals surface area contributed by atoms with Gasteiger partial charge in [-0.2, -0.15) is 0 Å². The van der Waals surface area contributed by atoms with Crippen molar-refractivity contribution in [2.45, 2.75) is 25.9 Å². The third-order valence-electron chi connectivity index (χ3n) is 2.60. The molecular formula is C11H14BrN. The fraction of sp³-hybridized carbons (Fsp3) is 0.455. The first kappa shape index (κ1) is 9.22. The Morgan fingerprint density at radius 1 is 1.38 bits per heavy atom. The SMILES string of the molecule is CC[C@@H]1CN1Cc1ccc(Br)cc1. The molecule has 1 saturated heterocycles. The van der Waals surface area contributed by atoms with Crippen LogP contribution in [-0.4, -0.2) is 17.5 Å². The van der Waals surface area contributed by atoms with Gasteiger partial charge in [0.15, 0.2) is 0 Å². The zero-order valence-electron chi connectivity index (χ0n) is 7.83. The number of halogens is 1. The van der Waals surface area contributed by atoms with Gasteiger partial charge in [-0.15, -0.1) is 0 Å². The van der Waals surface area contributed by atoms with Crippen LogP contribution in [0.3, 0.4) is 0 Å². The molecule has 1 heterocycles. The lowest BCUT2D eigenvalue weighted by Crippen LogP contribution is -2.00. The molecule has 0 bridgehead atoms. The van der Waals surface area contributed by atoms with Crippen molar-refractivity contribution in [3.63, 3.8) is 0 Å². The molecule has 0 spiro atoms. The Bertz CT molecular complexity index is 281. The third-order valence-corrected chi connectivity index (χ3v) is 3.13. The Morgan fingerprint density at radius 2 is 2.08 bits per heavy atom. The average Bonchev–Trinajstić information content (AvgIpc) is 2.88. The van der Waals surface area contributed by atoms with E-state index in [1.807, 2.05) is 0 Å². The molecule has 0 aliphatic carbocycles. The van der Waals surface area contributed by atoms with E-state index < -0.39 is 0 Å². The molecule has 1 unspecified atom stereocenters. The van der Waals surface area contributed by atoms with E-state index >= 15 is 0 Å². The van der Waals surface area contributed by atoms with E-state index in [1.165, 1.54) is 18.5 Å². The van der Waals surface area contributed by atoms with Crippen molar-refractivity contribution >= 4 is 15.9 Å². The summed E-state index contributed by atoms with van der Waals surface area (Å²) >= 11 is 3.44. The molecule has 0 aromatic heterocycles. The van der Waals surface area contributed by atoms with E-state index in [4.69, 9.17) is 0 Å². The van der Waals surface area contributed by atoms with Crippen LogP contribution < -0.4 is 0 Å². The van der Waals surface area contributed by atoms with Crippen LogP contribution in [0.15, 0.2) is 28.7 Å². The third kappa shape index (κ3) is 2.32. The molecule has 0 saturated carbocycles. The van der Waals surface area contributed by atoms with Gasteiger partial charge in [0, 0.05) is 23.6 Å². The van der Waals surface area contributed by atoms with Crippen LogP contribution in [-0.2, 0) is 6.54 Å². The zero-order chi connectivity index (χ0) is 9.26. The minimum absolute atomic E-state index is 0.851. The first-order chi connectivity index (χ1) is 6.29. The number of nitrogens with zero attached hydrogens (tertiary/aromatic N) is 1. The van der Waals surface area contributed by atoms with Gasteiger partial charge in [0.05, 0.1) is 0 Å². The van der Waals surface area contributed by atoms with Gasteiger partial charge < -0.3 is 0 Å². The molecule has 1 aliphatic rings. The van der Waals surface area contributed by atoms with Crippen molar-refractivity contribution in [3.8, 4) is 0 Å². The van der Waals surface area contributed by atoms with Gasteiger partial charge in [-0.3, -0.25) is 4.90 Å². The van der Waals surface area contributed by atoms with E-state index in [-0.39, 0.29) is 0 Å². The normalized spacial score (nSPS) is 26.0. The summed E-state index contributed by atoms with van der Waals surface area (Å²) in [7, 11) is 0. The lowest BCUT2D eigenvalue weighted by Gasteiger charge is -2.02. The summed E-state index contributed by atoms with van der Waals surface area (Å²) in [6.07, 6.45) is 1.29. The summed E-state index contributed by atoms with van der Waals surface area (Å²) in [4.78, 5) is 2.50. The highest BCUT2D eigenvalue weighted by Crippen LogP contribution is 2.23. The Labute approximate surface area is 87.9 Å². The predicted molar refractivity (Wildman–Crippen MR) is 58.6 cm³/mol. The molecular weight excluding hydrogens is 226 g/mol. The van der Waals surface area contributed by atoms with Crippen molar-refractivity contribution in [1.82, 2.24) is 4.90 Å². The molecule has 2 atom stereocenters. The molecule has 1 nitrogen and oxygen atoms in total. The van der Waals surface area contributed by atoms with E-state index in [9.17, 15) is 0 Å². The molecule has 1 aromatic rings. The van der Waals surface area contributed by atoms with Gasteiger partial charge in [-0.25, -0.2) is 0 Å². The van der Waals surface area contributed by atoms with Crippen LogP contribution in [0.1, 0.15) is 18.9 Å². The molecule has 0 radical (unpaired) electrons. The summed E-state index contributed by atoms with van der Waals surface area (Å²) in [5.74, 6) is 0. The first-order valence-corrected chi connectivity index (χ1v) is 5.57. The van der Waals surface area contributed by atoms with Crippen molar-refractivity contribution in [2.24, 2.45) is 0 Å². The van der Waals surface area contributed by atoms with Crippen molar-refractivity contribution in [3.05, 3.63) is 34.3 Å². The van der Waals surface area contributed by atoms with Gasteiger partial charge in [-0.1, -0.05) is 35.0 Å². The van der Waals surface area contributed by atoms with Crippen molar-refractivity contribution in [2.75, 3.05) is 6.54 Å². The van der Waals surface area contributed by atoms with Crippen LogP contribution in [0, 0.1) is 0 Å². The Kier molecular flexibility index (Phi) is 2.70. The summed E-state index contributed by atoms with van der Waals surface area (Å²) < 4.78 is 1.16. The maximum absolute atomic E-state index is 3.44. The molecule has 1 fully saturated rings. The first-order valence-electron chi connectivity index (χ1n) is 4.78. The highest BCUT2D eigenvalue weighted by atomic mass is 79.9. The lowest BCUT2D eigenvalue weighted by atomic mass is 10.2. The number of benzene rings is 1. The highest BCUT2D eigenvalue weighted by Gasteiger charge is 2.31. The van der Waals surface area contributed by atoms with Gasteiger partial charge in [0.1, 0.15) is 0 Å². The average molecular weight is 240 g/mol. The molecule has 1 aliphatic heterocycles. The largest absolute Gasteiger partial charge is 0.293 e. The Hall–Kier alpha value is -0.340. The van der Waals surface area contributed by atoms with Crippen LogP contribution in [0.2, 0.25) is 0 Å². The molecule has 0 N–H and O–H groups in total. The summed E-state index contributed by atoms with van der Waals surface area (Å²) in [5, 5.41) is 0. The minimum Gasteiger partial charge on any atom is -0.293 e. The minimum atomic E-state index is 0.851. The van der Waals surface area contributed by atoms with Crippen molar-refractivity contribution in [1.29, 1.82) is 0 Å². The number of hydrogen-bond donors (Lipinski definition) is 0. The second kappa shape index (κ2) is 3.81. The monoisotopic (exact) mass is 239 g/mol. The van der Waals surface area contributed by atoms with Gasteiger partial charge in [-0.05, 0) is 24.1 Å². The van der Waals surface area contributed by atoms with Crippen LogP contribution in [0.25, 0.3) is 0 Å². The zero-order valence-corrected chi connectivity index (χ0v) is 9.42. The smallest absolute Gasteiger partial charge is 0.0237 e. The molecule has 2 heteroatoms. The molecule has 70 valence electrons. The number of rotatable bonds is 3. The Morgan fingerprint density at radius 3 is 2.62 bits per heavy atom. The quantitative estimate of drug-likeness (QED) is 0.734. The molecule has 1 aromatic carbocycles. The predicted octanol–water partition coefficient (Wildman–Crippen LogP) is 3.04. The molecule has 2 rings (SSSR count). The van der Waals surface area contributed by atoms with Gasteiger partial charge in [0.2, 0.25) is 0 Å². The van der Waals surface area contributed by atoms with Gasteiger partial charge >= 0.3 is 0 Å². The fourth-order valence-electron chi connectivity index (χ4n) is 1.63. The second-order valence-electron chi connectivity index (χ2n) is 3.62. The molecule has 0 amide bonds. The van der Waals surface area contributed by atoms with Crippen LogP contribution >= 0.6 is 15.9 Å². The van der Waals surface area contributed by atoms with Crippen LogP contribution in [0.5, 0.6) is 0 Å². The fourth-order valence-corrected chi connectivity index (χ4v) is 1.89. The second-order valence-corrected chi connectivity index (χ2v) is 4.53. The number of hydrogen-bond acceptors (Lipinski definition) is 1. The topological polar surface area (TPSA) is 3.01 Å². The lowest BCUT2D eigenvalue weighted by molar-refractivity contribution is 0.495. The standard InChI is InChI=1S/C11H14BrN/c1-2-11-8-13(11)7-9-3-5-10(12)6-4-9/h3-6,11H,2,7-8H2,1H3/t11-,13?/m1/s1. The van der Waals surface area contributed by atoms with Crippen LogP contribution in [0.4, 0.5) is 0 Å². The summed E-state index contributed by atoms with van der Waals surface area (Å²) in [6, 6.07) is 9.45. The van der Waals surface area contributed by atoms with Crippen molar-refractivity contribution < 1.29 is 0 Å². The van der Waals surface area contributed by atoms with E-state index in [0.29, 0.717) is 0 Å². The maximum Gasteiger partial charge on any atom is 0.0237 e. The van der Waals surface area contributed by atoms with E-state index in [2.05, 4.69) is 52.0 Å². The van der Waals surface area contributed by atoms with E-state index in [1.54, 1.807) is 0 Å². The van der Waals surface area contributed by atoms with E-state index in [0.717, 1.165) is 17.1 Å². The highest BCUT2D eigenvalue weighted by molar-refractivity contribution is 9.10.